The Bertz CT molecular complexity index is 253. The highest BCUT2D eigenvalue weighted by molar-refractivity contribution is 7.86. The van der Waals surface area contributed by atoms with Crippen LogP contribution in [-0.2, 0) is 29.2 Å². The summed E-state index contributed by atoms with van der Waals surface area (Å²) in [6.45, 7) is -0.640. The molecule has 7 nitrogen and oxygen atoms in total. The van der Waals surface area contributed by atoms with Crippen LogP contribution < -0.4 is 0 Å². The molecule has 0 spiro atoms. The summed E-state index contributed by atoms with van der Waals surface area (Å²) < 4.78 is 36.1. The van der Waals surface area contributed by atoms with Crippen molar-refractivity contribution in [3.63, 3.8) is 0 Å². The van der Waals surface area contributed by atoms with Gasteiger partial charge in [-0.15, -0.1) is 0 Å². The lowest BCUT2D eigenvalue weighted by Crippen LogP contribution is -2.18. The van der Waals surface area contributed by atoms with Crippen LogP contribution >= 0.6 is 0 Å². The molecular formula is C4H6O7S. The van der Waals surface area contributed by atoms with Crippen molar-refractivity contribution in [1.82, 2.24) is 0 Å². The fraction of sp³-hybridized carbons (Fsp3) is 0.500. The molecule has 0 aliphatic heterocycles. The van der Waals surface area contributed by atoms with Gasteiger partial charge in [0.25, 0.3) is 16.6 Å². The summed E-state index contributed by atoms with van der Waals surface area (Å²) in [5.41, 5.74) is 0. The van der Waals surface area contributed by atoms with Crippen LogP contribution in [0.5, 0.6) is 0 Å². The lowest BCUT2D eigenvalue weighted by Gasteiger charge is -1.99. The first kappa shape index (κ1) is 10.8. The summed E-state index contributed by atoms with van der Waals surface area (Å²) in [6.07, 6.45) is 0. The highest BCUT2D eigenvalue weighted by Crippen LogP contribution is 1.86. The molecule has 0 unspecified atom stereocenters. The van der Waals surface area contributed by atoms with Gasteiger partial charge >= 0.3 is 5.97 Å². The zero-order valence-electron chi connectivity index (χ0n) is 5.80. The first-order valence-corrected chi connectivity index (χ1v) is 4.22. The third-order valence-corrected chi connectivity index (χ3v) is 1.26. The van der Waals surface area contributed by atoms with E-state index in [-0.39, 0.29) is 6.47 Å². The normalized spacial score (nSPS) is 10.4. The van der Waals surface area contributed by atoms with Crippen molar-refractivity contribution in [2.45, 2.75) is 0 Å². The molecule has 70 valence electrons. The van der Waals surface area contributed by atoms with Gasteiger partial charge in [-0.3, -0.25) is 14.1 Å². The van der Waals surface area contributed by atoms with Gasteiger partial charge in [0.2, 0.25) is 6.79 Å². The molecule has 12 heavy (non-hydrogen) atoms. The molecule has 8 heteroatoms. The van der Waals surface area contributed by atoms with Crippen molar-refractivity contribution in [2.24, 2.45) is 0 Å². The largest absolute Gasteiger partial charge is 0.430 e. The van der Waals surface area contributed by atoms with E-state index in [1.54, 1.807) is 0 Å². The van der Waals surface area contributed by atoms with Crippen LogP contribution in [0.15, 0.2) is 0 Å². The molecule has 0 amide bonds. The molecule has 0 saturated carbocycles. The summed E-state index contributed by atoms with van der Waals surface area (Å²) >= 11 is 0. The smallest absolute Gasteiger partial charge is 0.326 e. The zero-order valence-corrected chi connectivity index (χ0v) is 6.61. The molecule has 0 heterocycles. The lowest BCUT2D eigenvalue weighted by molar-refractivity contribution is -0.157. The molecule has 0 aliphatic carbocycles. The van der Waals surface area contributed by atoms with E-state index in [1.807, 2.05) is 0 Å². The van der Waals surface area contributed by atoms with Gasteiger partial charge in [-0.1, -0.05) is 0 Å². The summed E-state index contributed by atoms with van der Waals surface area (Å²) in [6, 6.07) is 0. The highest BCUT2D eigenvalue weighted by atomic mass is 32.2. The van der Waals surface area contributed by atoms with Crippen LogP contribution in [-0.4, -0.2) is 38.0 Å². The van der Waals surface area contributed by atoms with E-state index in [0.717, 1.165) is 0 Å². The third-order valence-electron chi connectivity index (χ3n) is 0.656. The Morgan fingerprint density at radius 3 is 2.50 bits per heavy atom. The van der Waals surface area contributed by atoms with Gasteiger partial charge in [-0.05, 0) is 0 Å². The maximum absolute atomic E-state index is 10.4. The number of ether oxygens (including phenoxy) is 2. The predicted molar refractivity (Wildman–Crippen MR) is 34.5 cm³/mol. The monoisotopic (exact) mass is 198 g/mol. The van der Waals surface area contributed by atoms with Gasteiger partial charge in [0, 0.05) is 0 Å². The van der Waals surface area contributed by atoms with Crippen LogP contribution in [0.3, 0.4) is 0 Å². The number of carbonyl (C=O) groups excluding carboxylic acids is 2. The van der Waals surface area contributed by atoms with Crippen LogP contribution in [0.2, 0.25) is 0 Å². The molecule has 0 aromatic rings. The molecule has 0 atom stereocenters. The minimum Gasteiger partial charge on any atom is -0.430 e. The molecule has 0 rings (SSSR count). The van der Waals surface area contributed by atoms with E-state index in [4.69, 9.17) is 4.55 Å². The van der Waals surface area contributed by atoms with Gasteiger partial charge in [0.05, 0.1) is 0 Å². The Hall–Kier alpha value is -1.15. The standard InChI is InChI=1S/C4H6O7S/c5-2-10-3-11-4(6)1-12(7,8)9/h2H,1,3H2,(H,7,8,9). The summed E-state index contributed by atoms with van der Waals surface area (Å²) in [4.78, 5) is 19.9. The Morgan fingerprint density at radius 2 is 2.08 bits per heavy atom. The van der Waals surface area contributed by atoms with E-state index >= 15 is 0 Å². The van der Waals surface area contributed by atoms with E-state index in [2.05, 4.69) is 9.47 Å². The number of carbonyl (C=O) groups is 2. The quantitative estimate of drug-likeness (QED) is 0.189. The van der Waals surface area contributed by atoms with Gasteiger partial charge < -0.3 is 9.47 Å². The molecule has 0 fully saturated rings. The fourth-order valence-electron chi connectivity index (χ4n) is 0.318. The van der Waals surface area contributed by atoms with Crippen molar-refractivity contribution in [1.29, 1.82) is 0 Å². The van der Waals surface area contributed by atoms with Crippen molar-refractivity contribution in [3.05, 3.63) is 0 Å². The average Bonchev–Trinajstić information content (AvgIpc) is 1.84. The van der Waals surface area contributed by atoms with E-state index < -0.39 is 28.6 Å². The number of rotatable bonds is 5. The first-order chi connectivity index (χ1) is 5.45. The minimum absolute atomic E-state index is 0.0285. The Balaban J connectivity index is 3.68. The molecule has 0 aliphatic rings. The van der Waals surface area contributed by atoms with Crippen LogP contribution in [0.25, 0.3) is 0 Å². The van der Waals surface area contributed by atoms with E-state index in [1.165, 1.54) is 0 Å². The van der Waals surface area contributed by atoms with Crippen LogP contribution in [0.4, 0.5) is 0 Å². The van der Waals surface area contributed by atoms with Crippen molar-refractivity contribution in [2.75, 3.05) is 12.5 Å². The van der Waals surface area contributed by atoms with Gasteiger partial charge in [0.15, 0.2) is 5.75 Å². The topological polar surface area (TPSA) is 107 Å². The summed E-state index contributed by atoms with van der Waals surface area (Å²) in [5, 5.41) is 0. The molecule has 1 N–H and O–H groups in total. The number of hydrogen-bond acceptors (Lipinski definition) is 6. The van der Waals surface area contributed by atoms with Crippen molar-refractivity contribution >= 4 is 22.6 Å². The number of esters is 1. The predicted octanol–water partition coefficient (Wildman–Crippen LogP) is -1.45. The van der Waals surface area contributed by atoms with Crippen LogP contribution in [0, 0.1) is 0 Å². The van der Waals surface area contributed by atoms with Gasteiger partial charge in [-0.25, -0.2) is 0 Å². The molecular weight excluding hydrogens is 192 g/mol. The first-order valence-electron chi connectivity index (χ1n) is 2.62. The fourth-order valence-corrected chi connectivity index (χ4v) is 0.699. The SMILES string of the molecule is O=COCOC(=O)CS(=O)(=O)O. The average molecular weight is 198 g/mol. The van der Waals surface area contributed by atoms with E-state index in [9.17, 15) is 18.0 Å². The second-order valence-corrected chi connectivity index (χ2v) is 3.08. The molecule has 0 saturated heterocycles. The van der Waals surface area contributed by atoms with E-state index in [0.29, 0.717) is 0 Å². The maximum Gasteiger partial charge on any atom is 0.326 e. The maximum atomic E-state index is 10.4. The number of hydrogen-bond donors (Lipinski definition) is 1. The molecule has 0 aromatic carbocycles. The minimum atomic E-state index is -4.38. The van der Waals surface area contributed by atoms with Crippen molar-refractivity contribution in [3.8, 4) is 0 Å². The third kappa shape index (κ3) is 6.96. The highest BCUT2D eigenvalue weighted by Gasteiger charge is 2.13. The zero-order chi connectivity index (χ0) is 9.61. The van der Waals surface area contributed by atoms with Crippen LogP contribution in [0.1, 0.15) is 0 Å². The van der Waals surface area contributed by atoms with Crippen molar-refractivity contribution < 1.29 is 32.0 Å². The molecule has 0 aromatic heterocycles. The lowest BCUT2D eigenvalue weighted by atomic mass is 10.8. The van der Waals surface area contributed by atoms with Gasteiger partial charge in [0.1, 0.15) is 0 Å². The molecule has 0 radical (unpaired) electrons. The Labute approximate surface area is 68.0 Å². The molecule has 0 bridgehead atoms. The Kier molecular flexibility index (Phi) is 4.22. The van der Waals surface area contributed by atoms with Gasteiger partial charge in [-0.2, -0.15) is 8.42 Å². The summed E-state index contributed by atoms with van der Waals surface area (Å²) in [5.74, 6) is -2.35. The Morgan fingerprint density at radius 1 is 1.50 bits per heavy atom. The summed E-state index contributed by atoms with van der Waals surface area (Å²) in [7, 11) is -4.38. The second kappa shape index (κ2) is 4.67. The second-order valence-electron chi connectivity index (χ2n) is 1.62.